The predicted octanol–water partition coefficient (Wildman–Crippen LogP) is 2.72. The van der Waals surface area contributed by atoms with E-state index in [4.69, 9.17) is 0 Å². The van der Waals surface area contributed by atoms with E-state index in [1.54, 1.807) is 0 Å². The molecule has 1 unspecified atom stereocenters. The molecule has 1 atom stereocenters. The van der Waals surface area contributed by atoms with Gasteiger partial charge in [-0.15, -0.1) is 0 Å². The summed E-state index contributed by atoms with van der Waals surface area (Å²) in [4.78, 5) is 0. The minimum absolute atomic E-state index is 0.436. The van der Waals surface area contributed by atoms with Crippen molar-refractivity contribution in [2.45, 2.75) is 33.2 Å². The van der Waals surface area contributed by atoms with Crippen LogP contribution in [0.4, 0.5) is 0 Å². The maximum Gasteiger partial charge on any atom is 0.0725 e. The highest BCUT2D eigenvalue weighted by molar-refractivity contribution is 5.86. The first-order valence-corrected chi connectivity index (χ1v) is 6.51. The van der Waals surface area contributed by atoms with Gasteiger partial charge in [-0.1, -0.05) is 38.1 Å². The quantitative estimate of drug-likeness (QED) is 0.897. The van der Waals surface area contributed by atoms with E-state index in [-0.39, 0.29) is 0 Å². The molecule has 0 spiro atoms. The van der Waals surface area contributed by atoms with Gasteiger partial charge < -0.3 is 5.32 Å². The number of rotatable bonds is 4. The van der Waals surface area contributed by atoms with E-state index in [9.17, 15) is 0 Å². The van der Waals surface area contributed by atoms with Crippen LogP contribution in [0.5, 0.6) is 0 Å². The van der Waals surface area contributed by atoms with Crippen LogP contribution in [0.15, 0.2) is 24.3 Å². The van der Waals surface area contributed by atoms with Crippen molar-refractivity contribution in [3.63, 3.8) is 0 Å². The third kappa shape index (κ3) is 2.51. The summed E-state index contributed by atoms with van der Waals surface area (Å²) in [6.07, 6.45) is 0.919. The Bertz CT molecular complexity index is 534. The zero-order valence-electron chi connectivity index (χ0n) is 11.6. The lowest BCUT2D eigenvalue weighted by Crippen LogP contribution is -2.33. The normalized spacial score (nSPS) is 13.2. The first-order chi connectivity index (χ1) is 8.63. The average Bonchev–Trinajstić information content (AvgIpc) is 2.38. The number of hydrogen-bond acceptors (Lipinski definition) is 3. The predicted molar refractivity (Wildman–Crippen MR) is 75.7 cm³/mol. The van der Waals surface area contributed by atoms with E-state index < -0.39 is 0 Å². The Morgan fingerprint density at radius 1 is 1.11 bits per heavy atom. The van der Waals surface area contributed by atoms with Gasteiger partial charge in [-0.25, -0.2) is 0 Å². The lowest BCUT2D eigenvalue weighted by Gasteiger charge is -2.20. The monoisotopic (exact) mass is 243 g/mol. The Labute approximate surface area is 109 Å². The van der Waals surface area contributed by atoms with Crippen LogP contribution in [0.1, 0.15) is 25.2 Å². The Morgan fingerprint density at radius 2 is 1.78 bits per heavy atom. The Hall–Kier alpha value is -1.48. The van der Waals surface area contributed by atoms with E-state index >= 15 is 0 Å². The smallest absolute Gasteiger partial charge is 0.0725 e. The van der Waals surface area contributed by atoms with Crippen LogP contribution in [-0.4, -0.2) is 23.3 Å². The summed E-state index contributed by atoms with van der Waals surface area (Å²) in [6, 6.07) is 8.81. The molecule has 0 aliphatic heterocycles. The summed E-state index contributed by atoms with van der Waals surface area (Å²) in [5.41, 5.74) is 2.09. The molecule has 2 aromatic rings. The number of hydrogen-bond donors (Lipinski definition) is 1. The summed E-state index contributed by atoms with van der Waals surface area (Å²) in [5.74, 6) is 0.580. The van der Waals surface area contributed by atoms with Crippen molar-refractivity contribution >= 4 is 10.8 Å². The molecule has 18 heavy (non-hydrogen) atoms. The molecule has 0 saturated carbocycles. The molecule has 1 aromatic carbocycles. The van der Waals surface area contributed by atoms with E-state index in [2.05, 4.69) is 53.6 Å². The third-order valence-electron chi connectivity index (χ3n) is 3.54. The number of aromatic nitrogens is 2. The highest BCUT2D eigenvalue weighted by Crippen LogP contribution is 2.20. The fraction of sp³-hybridized carbons (Fsp3) is 0.467. The average molecular weight is 243 g/mol. The molecule has 0 amide bonds. The standard InChI is InChI=1S/C15H21N3/c1-10(2)14(16-4)9-15-13-8-6-5-7-12(13)11(3)17-18-15/h5-8,10,14,16H,9H2,1-4H3. The molecule has 96 valence electrons. The van der Waals surface area contributed by atoms with Crippen molar-refractivity contribution in [1.29, 1.82) is 0 Å². The SMILES string of the molecule is CNC(Cc1nnc(C)c2ccccc12)C(C)C. The second-order valence-corrected chi connectivity index (χ2v) is 5.12. The van der Waals surface area contributed by atoms with Crippen molar-refractivity contribution in [3.05, 3.63) is 35.7 Å². The van der Waals surface area contributed by atoms with Crippen molar-refractivity contribution in [2.24, 2.45) is 5.92 Å². The third-order valence-corrected chi connectivity index (χ3v) is 3.54. The molecule has 1 heterocycles. The van der Waals surface area contributed by atoms with Gasteiger partial charge in [0.25, 0.3) is 0 Å². The van der Waals surface area contributed by atoms with Gasteiger partial charge in [0, 0.05) is 23.2 Å². The van der Waals surface area contributed by atoms with Crippen molar-refractivity contribution < 1.29 is 0 Å². The van der Waals surface area contributed by atoms with E-state index in [1.165, 1.54) is 10.8 Å². The van der Waals surface area contributed by atoms with Crippen LogP contribution in [0, 0.1) is 12.8 Å². The summed E-state index contributed by atoms with van der Waals surface area (Å²) < 4.78 is 0. The summed E-state index contributed by atoms with van der Waals surface area (Å²) in [5, 5.41) is 14.5. The lowest BCUT2D eigenvalue weighted by atomic mass is 9.97. The first kappa shape index (κ1) is 13.0. The number of nitrogens with zero attached hydrogens (tertiary/aromatic N) is 2. The molecular weight excluding hydrogens is 222 g/mol. The van der Waals surface area contributed by atoms with Gasteiger partial charge in [0.1, 0.15) is 0 Å². The van der Waals surface area contributed by atoms with E-state index in [1.807, 2.05) is 14.0 Å². The van der Waals surface area contributed by atoms with Gasteiger partial charge in [0.15, 0.2) is 0 Å². The fourth-order valence-corrected chi connectivity index (χ4v) is 2.32. The zero-order chi connectivity index (χ0) is 13.1. The fourth-order valence-electron chi connectivity index (χ4n) is 2.32. The van der Waals surface area contributed by atoms with Crippen molar-refractivity contribution in [2.75, 3.05) is 7.05 Å². The van der Waals surface area contributed by atoms with Crippen LogP contribution in [0.2, 0.25) is 0 Å². The topological polar surface area (TPSA) is 37.8 Å². The van der Waals surface area contributed by atoms with Gasteiger partial charge in [0.2, 0.25) is 0 Å². The van der Waals surface area contributed by atoms with Crippen molar-refractivity contribution in [3.8, 4) is 0 Å². The maximum absolute atomic E-state index is 4.39. The molecule has 3 heteroatoms. The summed E-state index contributed by atoms with van der Waals surface area (Å²) in [6.45, 7) is 6.47. The highest BCUT2D eigenvalue weighted by Gasteiger charge is 2.15. The van der Waals surface area contributed by atoms with Crippen LogP contribution < -0.4 is 5.32 Å². The molecule has 3 nitrogen and oxygen atoms in total. The Kier molecular flexibility index (Phi) is 3.92. The number of likely N-dealkylation sites (N-methyl/N-ethyl adjacent to an activating group) is 1. The highest BCUT2D eigenvalue weighted by atomic mass is 15.1. The number of benzene rings is 1. The Balaban J connectivity index is 2.42. The van der Waals surface area contributed by atoms with Gasteiger partial charge in [-0.2, -0.15) is 10.2 Å². The van der Waals surface area contributed by atoms with Gasteiger partial charge in [-0.05, 0) is 19.9 Å². The van der Waals surface area contributed by atoms with Crippen molar-refractivity contribution in [1.82, 2.24) is 15.5 Å². The van der Waals surface area contributed by atoms with Crippen LogP contribution >= 0.6 is 0 Å². The number of nitrogens with one attached hydrogen (secondary N) is 1. The molecule has 0 saturated heterocycles. The summed E-state index contributed by atoms with van der Waals surface area (Å²) >= 11 is 0. The Morgan fingerprint density at radius 3 is 2.39 bits per heavy atom. The summed E-state index contributed by atoms with van der Waals surface area (Å²) in [7, 11) is 2.01. The van der Waals surface area contributed by atoms with Crippen LogP contribution in [-0.2, 0) is 6.42 Å². The molecule has 2 rings (SSSR count). The van der Waals surface area contributed by atoms with Gasteiger partial charge in [-0.3, -0.25) is 0 Å². The second kappa shape index (κ2) is 5.44. The van der Waals surface area contributed by atoms with E-state index in [0.29, 0.717) is 12.0 Å². The molecule has 0 radical (unpaired) electrons. The van der Waals surface area contributed by atoms with E-state index in [0.717, 1.165) is 17.8 Å². The molecule has 0 fully saturated rings. The maximum atomic E-state index is 4.39. The van der Waals surface area contributed by atoms with Crippen LogP contribution in [0.25, 0.3) is 10.8 Å². The molecular formula is C15H21N3. The largest absolute Gasteiger partial charge is 0.316 e. The van der Waals surface area contributed by atoms with Crippen LogP contribution in [0.3, 0.4) is 0 Å². The number of aryl methyl sites for hydroxylation is 1. The molecule has 1 aromatic heterocycles. The lowest BCUT2D eigenvalue weighted by molar-refractivity contribution is 0.421. The minimum Gasteiger partial charge on any atom is -0.316 e. The molecule has 0 aliphatic carbocycles. The molecule has 1 N–H and O–H groups in total. The second-order valence-electron chi connectivity index (χ2n) is 5.12. The van der Waals surface area contributed by atoms with Gasteiger partial charge in [0.05, 0.1) is 11.4 Å². The molecule has 0 bridgehead atoms. The number of fused-ring (bicyclic) bond motifs is 1. The van der Waals surface area contributed by atoms with Gasteiger partial charge >= 0.3 is 0 Å². The molecule has 0 aliphatic rings. The first-order valence-electron chi connectivity index (χ1n) is 6.51. The minimum atomic E-state index is 0.436. The zero-order valence-corrected chi connectivity index (χ0v) is 11.6.